The van der Waals surface area contributed by atoms with Crippen molar-refractivity contribution in [1.29, 1.82) is 0 Å². The summed E-state index contributed by atoms with van der Waals surface area (Å²) in [5.74, 6) is -0.0351. The number of benzene rings is 1. The van der Waals surface area contributed by atoms with Gasteiger partial charge in [0, 0.05) is 18.3 Å². The van der Waals surface area contributed by atoms with Crippen molar-refractivity contribution in [2.24, 2.45) is 0 Å². The fourth-order valence-corrected chi connectivity index (χ4v) is 4.83. The van der Waals surface area contributed by atoms with E-state index in [1.165, 1.54) is 11.8 Å². The summed E-state index contributed by atoms with van der Waals surface area (Å²) in [5, 5.41) is 6.79. The molecule has 2 aromatic heterocycles. The molecule has 1 saturated heterocycles. The van der Waals surface area contributed by atoms with Gasteiger partial charge >= 0.3 is 0 Å². The maximum Gasteiger partial charge on any atom is 0.266 e. The molecule has 26 heavy (non-hydrogen) atoms. The van der Waals surface area contributed by atoms with Gasteiger partial charge in [-0.05, 0) is 36.6 Å². The average Bonchev–Trinajstić information content (AvgIpc) is 3.36. The summed E-state index contributed by atoms with van der Waals surface area (Å²) in [4.78, 5) is 15.9. The molecule has 0 bridgehead atoms. The summed E-state index contributed by atoms with van der Waals surface area (Å²) in [5.41, 5.74) is 2.75. The van der Waals surface area contributed by atoms with E-state index < -0.39 is 0 Å². The number of nitrogens with zero attached hydrogens (tertiary/aromatic N) is 3. The number of hydrogen-bond donors (Lipinski definition) is 0. The number of rotatable bonds is 4. The van der Waals surface area contributed by atoms with Gasteiger partial charge in [-0.25, -0.2) is 4.68 Å². The van der Waals surface area contributed by atoms with Crippen LogP contribution in [-0.4, -0.2) is 31.5 Å². The van der Waals surface area contributed by atoms with E-state index in [1.54, 1.807) is 16.2 Å². The van der Waals surface area contributed by atoms with Crippen LogP contribution in [0.25, 0.3) is 22.3 Å². The number of thiophene rings is 1. The minimum atomic E-state index is -0.0351. The highest BCUT2D eigenvalue weighted by Gasteiger charge is 2.31. The van der Waals surface area contributed by atoms with Crippen LogP contribution < -0.4 is 0 Å². The molecule has 3 aromatic rings. The Labute approximate surface area is 165 Å². The number of aromatic nitrogens is 2. The number of likely N-dealkylation sites (N-methyl/N-ethyl adjacent to an activating group) is 1. The maximum atomic E-state index is 12.6. The third-order valence-corrected chi connectivity index (χ3v) is 6.25. The first-order chi connectivity index (χ1) is 12.7. The molecular formula is C19H15N3OS3. The van der Waals surface area contributed by atoms with Crippen LogP contribution in [0, 0.1) is 0 Å². The van der Waals surface area contributed by atoms with Gasteiger partial charge in [-0.2, -0.15) is 5.10 Å². The van der Waals surface area contributed by atoms with Gasteiger partial charge in [0.15, 0.2) is 0 Å². The van der Waals surface area contributed by atoms with Gasteiger partial charge in [-0.3, -0.25) is 9.69 Å². The summed E-state index contributed by atoms with van der Waals surface area (Å²) >= 11 is 8.29. The summed E-state index contributed by atoms with van der Waals surface area (Å²) in [7, 11) is 0. The molecule has 0 unspecified atom stereocenters. The molecular weight excluding hydrogens is 382 g/mol. The van der Waals surface area contributed by atoms with E-state index in [2.05, 4.69) is 0 Å². The third kappa shape index (κ3) is 3.13. The fourth-order valence-electron chi connectivity index (χ4n) is 2.72. The van der Waals surface area contributed by atoms with E-state index in [-0.39, 0.29) is 5.91 Å². The van der Waals surface area contributed by atoms with Gasteiger partial charge in [0.25, 0.3) is 5.91 Å². The normalized spacial score (nSPS) is 16.0. The molecule has 4 rings (SSSR count). The van der Waals surface area contributed by atoms with Crippen molar-refractivity contribution in [3.63, 3.8) is 0 Å². The second-order valence-electron chi connectivity index (χ2n) is 5.62. The summed E-state index contributed by atoms with van der Waals surface area (Å²) in [6.07, 6.45) is 3.86. The van der Waals surface area contributed by atoms with Crippen molar-refractivity contribution in [1.82, 2.24) is 14.7 Å². The van der Waals surface area contributed by atoms with Crippen LogP contribution in [0.2, 0.25) is 0 Å². The van der Waals surface area contributed by atoms with Crippen molar-refractivity contribution < 1.29 is 4.79 Å². The Morgan fingerprint density at radius 1 is 1.19 bits per heavy atom. The van der Waals surface area contributed by atoms with Gasteiger partial charge < -0.3 is 0 Å². The molecule has 4 nitrogen and oxygen atoms in total. The van der Waals surface area contributed by atoms with E-state index in [0.717, 1.165) is 21.8 Å². The SMILES string of the molecule is CCN1C(=O)/C(=C/c2cn(-c3ccccc3)nc2-c2cccs2)SC1=S. The van der Waals surface area contributed by atoms with E-state index >= 15 is 0 Å². The van der Waals surface area contributed by atoms with Gasteiger partial charge in [0.05, 0.1) is 15.5 Å². The molecule has 3 heterocycles. The van der Waals surface area contributed by atoms with Crippen molar-refractivity contribution in [2.75, 3.05) is 6.54 Å². The summed E-state index contributed by atoms with van der Waals surface area (Å²) < 4.78 is 2.46. The Morgan fingerprint density at radius 2 is 2.00 bits per heavy atom. The largest absolute Gasteiger partial charge is 0.293 e. The van der Waals surface area contributed by atoms with Crippen molar-refractivity contribution >= 4 is 51.6 Å². The first kappa shape index (κ1) is 17.2. The van der Waals surface area contributed by atoms with Crippen LogP contribution in [0.5, 0.6) is 0 Å². The molecule has 1 fully saturated rings. The molecule has 1 aliphatic heterocycles. The van der Waals surface area contributed by atoms with E-state index in [9.17, 15) is 4.79 Å². The van der Waals surface area contributed by atoms with Gasteiger partial charge in [0.2, 0.25) is 0 Å². The van der Waals surface area contributed by atoms with Gasteiger partial charge in [0.1, 0.15) is 10.0 Å². The highest BCUT2D eigenvalue weighted by Crippen LogP contribution is 2.35. The molecule has 0 atom stereocenters. The molecule has 1 aliphatic rings. The van der Waals surface area contributed by atoms with Crippen molar-refractivity contribution in [3.8, 4) is 16.3 Å². The molecule has 1 aromatic carbocycles. The van der Waals surface area contributed by atoms with E-state index in [4.69, 9.17) is 17.3 Å². The van der Waals surface area contributed by atoms with Gasteiger partial charge in [-0.1, -0.05) is 48.2 Å². The van der Waals surface area contributed by atoms with Crippen LogP contribution in [0.4, 0.5) is 0 Å². The molecule has 0 saturated carbocycles. The number of amides is 1. The lowest BCUT2D eigenvalue weighted by molar-refractivity contribution is -0.121. The molecule has 130 valence electrons. The lowest BCUT2D eigenvalue weighted by atomic mass is 10.2. The predicted molar refractivity (Wildman–Crippen MR) is 112 cm³/mol. The Kier molecular flexibility index (Phi) is 4.76. The Bertz CT molecular complexity index is 990. The first-order valence-corrected chi connectivity index (χ1v) is 10.2. The molecule has 0 N–H and O–H groups in total. The zero-order chi connectivity index (χ0) is 18.1. The zero-order valence-electron chi connectivity index (χ0n) is 14.0. The molecule has 7 heteroatoms. The third-order valence-electron chi connectivity index (χ3n) is 3.99. The Hall–Kier alpha value is -2.22. The number of para-hydroxylation sites is 1. The molecule has 0 aliphatic carbocycles. The standard InChI is InChI=1S/C19H15N3OS3/c1-2-21-18(23)16(26-19(21)24)11-13-12-22(14-7-4-3-5-8-14)20-17(13)15-9-6-10-25-15/h3-12H,2H2,1H3/b16-11-. The Morgan fingerprint density at radius 3 is 2.65 bits per heavy atom. The lowest BCUT2D eigenvalue weighted by Crippen LogP contribution is -2.27. The number of thiocarbonyl (C=S) groups is 1. The highest BCUT2D eigenvalue weighted by molar-refractivity contribution is 8.26. The van der Waals surface area contributed by atoms with Crippen LogP contribution in [0.15, 0.2) is 58.9 Å². The van der Waals surface area contributed by atoms with E-state index in [1.807, 2.05) is 71.7 Å². The van der Waals surface area contributed by atoms with Crippen LogP contribution in [-0.2, 0) is 4.79 Å². The van der Waals surface area contributed by atoms with Crippen molar-refractivity contribution in [2.45, 2.75) is 6.92 Å². The Balaban J connectivity index is 1.80. The lowest BCUT2D eigenvalue weighted by Gasteiger charge is -2.09. The number of carbonyl (C=O) groups excluding carboxylic acids is 1. The quantitative estimate of drug-likeness (QED) is 0.467. The molecule has 1 amide bonds. The number of hydrogen-bond acceptors (Lipinski definition) is 5. The second-order valence-corrected chi connectivity index (χ2v) is 8.24. The smallest absolute Gasteiger partial charge is 0.266 e. The fraction of sp³-hybridized carbons (Fsp3) is 0.105. The number of carbonyl (C=O) groups is 1. The van der Waals surface area contributed by atoms with Crippen LogP contribution >= 0.6 is 35.3 Å². The topological polar surface area (TPSA) is 38.1 Å². The molecule has 0 radical (unpaired) electrons. The first-order valence-electron chi connectivity index (χ1n) is 8.11. The van der Waals surface area contributed by atoms with Gasteiger partial charge in [-0.15, -0.1) is 11.3 Å². The highest BCUT2D eigenvalue weighted by atomic mass is 32.2. The minimum Gasteiger partial charge on any atom is -0.293 e. The van der Waals surface area contributed by atoms with Crippen molar-refractivity contribution in [3.05, 3.63) is 64.5 Å². The summed E-state index contributed by atoms with van der Waals surface area (Å²) in [6, 6.07) is 14.0. The van der Waals surface area contributed by atoms with Crippen LogP contribution in [0.3, 0.4) is 0 Å². The summed E-state index contributed by atoms with van der Waals surface area (Å²) in [6.45, 7) is 2.52. The monoisotopic (exact) mass is 397 g/mol. The maximum absolute atomic E-state index is 12.6. The zero-order valence-corrected chi connectivity index (χ0v) is 16.4. The van der Waals surface area contributed by atoms with Crippen LogP contribution in [0.1, 0.15) is 12.5 Å². The average molecular weight is 398 g/mol. The van der Waals surface area contributed by atoms with E-state index in [0.29, 0.717) is 15.8 Å². The second kappa shape index (κ2) is 7.19. The molecule has 0 spiro atoms. The minimum absolute atomic E-state index is 0.0351. The number of thioether (sulfide) groups is 1. The predicted octanol–water partition coefficient (Wildman–Crippen LogP) is 4.82.